The van der Waals surface area contributed by atoms with Gasteiger partial charge in [-0.1, -0.05) is 13.8 Å². The third-order valence-electron chi connectivity index (χ3n) is 3.98. The van der Waals surface area contributed by atoms with Crippen molar-refractivity contribution in [3.05, 3.63) is 12.0 Å². The van der Waals surface area contributed by atoms with E-state index in [4.69, 9.17) is 5.73 Å². The van der Waals surface area contributed by atoms with Gasteiger partial charge in [0, 0.05) is 25.0 Å². The number of nitrogens with one attached hydrogen (secondary N) is 1. The summed E-state index contributed by atoms with van der Waals surface area (Å²) in [6.07, 6.45) is 4.71. The van der Waals surface area contributed by atoms with Crippen LogP contribution in [0.2, 0.25) is 0 Å². The van der Waals surface area contributed by atoms with Gasteiger partial charge in [-0.15, -0.1) is 0 Å². The molecule has 0 bridgehead atoms. The van der Waals surface area contributed by atoms with Crippen LogP contribution in [0.4, 0.5) is 0 Å². The summed E-state index contributed by atoms with van der Waals surface area (Å²) in [5.41, 5.74) is 5.64. The van der Waals surface area contributed by atoms with E-state index in [0.29, 0.717) is 0 Å². The largest absolute Gasteiger partial charge is 0.324 e. The molecule has 1 aromatic heterocycles. The standard InChI is InChI=1S/C12H22N4O2S/c1-3-12(13,4-2)9-15-19(17,18)11-8-14-10-6-5-7-16(10)11/h8,15H,3-7,9,13H2,1-2H3. The SMILES string of the molecule is CCC(N)(CC)CNS(=O)(=O)c1cnc2n1CCC2. The molecule has 108 valence electrons. The Morgan fingerprint density at radius 2 is 2.16 bits per heavy atom. The minimum atomic E-state index is -3.53. The van der Waals surface area contributed by atoms with E-state index in [0.717, 1.165) is 38.1 Å². The van der Waals surface area contributed by atoms with Crippen molar-refractivity contribution >= 4 is 10.0 Å². The van der Waals surface area contributed by atoms with Crippen LogP contribution in [0.1, 0.15) is 38.9 Å². The van der Waals surface area contributed by atoms with Crippen molar-refractivity contribution in [1.29, 1.82) is 0 Å². The number of rotatable bonds is 6. The van der Waals surface area contributed by atoms with Gasteiger partial charge in [0.15, 0.2) is 5.03 Å². The summed E-state index contributed by atoms with van der Waals surface area (Å²) in [4.78, 5) is 4.16. The number of hydrogen-bond acceptors (Lipinski definition) is 4. The smallest absolute Gasteiger partial charge is 0.257 e. The lowest BCUT2D eigenvalue weighted by atomic mass is 9.95. The molecule has 0 unspecified atom stereocenters. The Hall–Kier alpha value is -0.920. The lowest BCUT2D eigenvalue weighted by Crippen LogP contribution is -2.49. The van der Waals surface area contributed by atoms with Crippen LogP contribution in [0.15, 0.2) is 11.2 Å². The van der Waals surface area contributed by atoms with Gasteiger partial charge < -0.3 is 10.3 Å². The summed E-state index contributed by atoms with van der Waals surface area (Å²) in [5, 5.41) is 0.259. The molecule has 0 aromatic carbocycles. The number of fused-ring (bicyclic) bond motifs is 1. The molecule has 19 heavy (non-hydrogen) atoms. The minimum absolute atomic E-state index is 0.253. The normalized spacial score (nSPS) is 15.7. The molecule has 2 rings (SSSR count). The molecule has 3 N–H and O–H groups in total. The van der Waals surface area contributed by atoms with E-state index < -0.39 is 15.6 Å². The first kappa shape index (κ1) is 14.5. The monoisotopic (exact) mass is 286 g/mol. The third-order valence-corrected chi connectivity index (χ3v) is 5.38. The maximum atomic E-state index is 12.3. The Morgan fingerprint density at radius 3 is 2.79 bits per heavy atom. The van der Waals surface area contributed by atoms with E-state index in [-0.39, 0.29) is 11.6 Å². The van der Waals surface area contributed by atoms with Crippen LogP contribution in [-0.2, 0) is 23.0 Å². The molecule has 0 radical (unpaired) electrons. The molecule has 0 saturated carbocycles. The lowest BCUT2D eigenvalue weighted by molar-refractivity contribution is 0.391. The molecule has 0 aliphatic carbocycles. The maximum absolute atomic E-state index is 12.3. The highest BCUT2D eigenvalue weighted by Crippen LogP contribution is 2.20. The van der Waals surface area contributed by atoms with Gasteiger partial charge >= 0.3 is 0 Å². The highest BCUT2D eigenvalue weighted by molar-refractivity contribution is 7.89. The number of imidazole rings is 1. The van der Waals surface area contributed by atoms with Gasteiger partial charge in [-0.25, -0.2) is 18.1 Å². The van der Waals surface area contributed by atoms with Crippen LogP contribution in [-0.4, -0.2) is 30.1 Å². The predicted molar refractivity (Wildman–Crippen MR) is 73.2 cm³/mol. The second-order valence-corrected chi connectivity index (χ2v) is 6.88. The Bertz CT molecular complexity index is 546. The zero-order valence-electron chi connectivity index (χ0n) is 11.5. The van der Waals surface area contributed by atoms with E-state index >= 15 is 0 Å². The van der Waals surface area contributed by atoms with Gasteiger partial charge in [0.1, 0.15) is 5.82 Å². The van der Waals surface area contributed by atoms with Gasteiger partial charge in [0.05, 0.1) is 6.20 Å². The average molecular weight is 286 g/mol. The van der Waals surface area contributed by atoms with Crippen molar-refractivity contribution in [2.24, 2.45) is 5.73 Å². The zero-order chi connectivity index (χ0) is 14.1. The lowest BCUT2D eigenvalue weighted by Gasteiger charge is -2.26. The highest BCUT2D eigenvalue weighted by Gasteiger charge is 2.28. The van der Waals surface area contributed by atoms with Crippen molar-refractivity contribution in [3.8, 4) is 0 Å². The fraction of sp³-hybridized carbons (Fsp3) is 0.750. The number of hydrogen-bond donors (Lipinski definition) is 2. The fourth-order valence-corrected chi connectivity index (χ4v) is 3.56. The molecular formula is C12H22N4O2S. The van der Waals surface area contributed by atoms with Crippen molar-refractivity contribution in [3.63, 3.8) is 0 Å². The Balaban J connectivity index is 2.15. The molecule has 0 atom stereocenters. The van der Waals surface area contributed by atoms with Gasteiger partial charge in [-0.3, -0.25) is 0 Å². The molecule has 6 nitrogen and oxygen atoms in total. The first-order chi connectivity index (χ1) is 8.92. The van der Waals surface area contributed by atoms with Crippen molar-refractivity contribution < 1.29 is 8.42 Å². The number of nitrogens with zero attached hydrogens (tertiary/aromatic N) is 2. The summed E-state index contributed by atoms with van der Waals surface area (Å²) in [7, 11) is -3.53. The minimum Gasteiger partial charge on any atom is -0.324 e. The average Bonchev–Trinajstić information content (AvgIpc) is 2.98. The van der Waals surface area contributed by atoms with E-state index in [1.807, 2.05) is 13.8 Å². The topological polar surface area (TPSA) is 90.0 Å². The summed E-state index contributed by atoms with van der Waals surface area (Å²) in [6, 6.07) is 0. The first-order valence-electron chi connectivity index (χ1n) is 6.75. The Morgan fingerprint density at radius 1 is 1.47 bits per heavy atom. The zero-order valence-corrected chi connectivity index (χ0v) is 12.3. The number of aromatic nitrogens is 2. The third kappa shape index (κ3) is 2.82. The van der Waals surface area contributed by atoms with Crippen LogP contribution >= 0.6 is 0 Å². The predicted octanol–water partition coefficient (Wildman–Crippen LogP) is 0.625. The van der Waals surface area contributed by atoms with E-state index in [9.17, 15) is 8.42 Å². The maximum Gasteiger partial charge on any atom is 0.257 e. The van der Waals surface area contributed by atoms with Gasteiger partial charge in [-0.2, -0.15) is 0 Å². The molecule has 0 fully saturated rings. The summed E-state index contributed by atoms with van der Waals surface area (Å²) in [6.45, 7) is 4.91. The molecule has 2 heterocycles. The second kappa shape index (κ2) is 5.22. The number of sulfonamides is 1. The Labute approximate surface area is 114 Å². The first-order valence-corrected chi connectivity index (χ1v) is 8.23. The van der Waals surface area contributed by atoms with E-state index in [1.165, 1.54) is 6.20 Å². The quantitative estimate of drug-likeness (QED) is 0.802. The molecule has 1 aliphatic rings. The van der Waals surface area contributed by atoms with Gasteiger partial charge in [0.25, 0.3) is 10.0 Å². The van der Waals surface area contributed by atoms with Crippen LogP contribution in [0.25, 0.3) is 0 Å². The van der Waals surface area contributed by atoms with Gasteiger partial charge in [-0.05, 0) is 19.3 Å². The molecule has 7 heteroatoms. The molecule has 0 amide bonds. The van der Waals surface area contributed by atoms with Gasteiger partial charge in [0.2, 0.25) is 0 Å². The Kier molecular flexibility index (Phi) is 3.98. The highest BCUT2D eigenvalue weighted by atomic mass is 32.2. The number of nitrogens with two attached hydrogens (primary N) is 1. The summed E-state index contributed by atoms with van der Waals surface area (Å²) in [5.74, 6) is 0.852. The van der Waals surface area contributed by atoms with Crippen LogP contribution in [0, 0.1) is 0 Å². The van der Waals surface area contributed by atoms with E-state index in [1.54, 1.807) is 4.57 Å². The second-order valence-electron chi connectivity index (χ2n) is 5.16. The molecule has 0 saturated heterocycles. The molecule has 1 aromatic rings. The van der Waals surface area contributed by atoms with Crippen LogP contribution < -0.4 is 10.5 Å². The van der Waals surface area contributed by atoms with Crippen LogP contribution in [0.3, 0.4) is 0 Å². The number of aryl methyl sites for hydroxylation is 1. The molecule has 0 spiro atoms. The summed E-state index contributed by atoms with van der Waals surface area (Å²) >= 11 is 0. The fourth-order valence-electron chi connectivity index (χ4n) is 2.26. The van der Waals surface area contributed by atoms with Crippen molar-refractivity contribution in [1.82, 2.24) is 14.3 Å². The van der Waals surface area contributed by atoms with E-state index in [2.05, 4.69) is 9.71 Å². The molecule has 1 aliphatic heterocycles. The summed E-state index contributed by atoms with van der Waals surface area (Å²) < 4.78 is 29.0. The van der Waals surface area contributed by atoms with Crippen molar-refractivity contribution in [2.45, 2.75) is 56.6 Å². The molecular weight excluding hydrogens is 264 g/mol. The van der Waals surface area contributed by atoms with Crippen molar-refractivity contribution in [2.75, 3.05) is 6.54 Å². The van der Waals surface area contributed by atoms with Crippen LogP contribution in [0.5, 0.6) is 0 Å².